The zero-order valence-corrected chi connectivity index (χ0v) is 15.7. The third-order valence-electron chi connectivity index (χ3n) is 7.46. The van der Waals surface area contributed by atoms with Gasteiger partial charge in [-0.3, -0.25) is 9.59 Å². The molecular weight excluding hydrogens is 356 g/mol. The summed E-state index contributed by atoms with van der Waals surface area (Å²) in [6.07, 6.45) is 4.11. The predicted molar refractivity (Wildman–Crippen MR) is 102 cm³/mol. The van der Waals surface area contributed by atoms with Crippen LogP contribution in [0.4, 0.5) is 5.69 Å². The van der Waals surface area contributed by atoms with Gasteiger partial charge in [0.15, 0.2) is 0 Å². The number of Topliss-reactive ketones (excluding diaryl/α,β-unsaturated/α-hetero) is 1. The van der Waals surface area contributed by atoms with Crippen LogP contribution in [-0.4, -0.2) is 60.1 Å². The number of hydrogen-bond donors (Lipinski definition) is 1. The fourth-order valence-electron chi connectivity index (χ4n) is 6.26. The van der Waals surface area contributed by atoms with Gasteiger partial charge >= 0.3 is 0 Å². The standard InChI is InChI=1S/C22H22N2O4/c1-23-8-7-21-14-4-2-3-5-15(14)24-18(26)10-16-19(20(21)24)22(27,11-17(21)25)13(12-23)6-9-28-16/h2-6,10,19-20,27H,7-9,11-12H2,1H3/t19-,20-,21+,22+/m0/s1. The van der Waals surface area contributed by atoms with Crippen LogP contribution in [-0.2, 0) is 19.7 Å². The second-order valence-electron chi connectivity index (χ2n) is 8.72. The Hall–Kier alpha value is -2.44. The molecule has 1 amide bonds. The van der Waals surface area contributed by atoms with E-state index in [2.05, 4.69) is 4.90 Å². The van der Waals surface area contributed by atoms with E-state index in [-0.39, 0.29) is 18.1 Å². The first kappa shape index (κ1) is 16.5. The molecule has 2 saturated heterocycles. The van der Waals surface area contributed by atoms with Gasteiger partial charge in [0.25, 0.3) is 5.91 Å². The van der Waals surface area contributed by atoms with Gasteiger partial charge in [0.1, 0.15) is 23.8 Å². The second-order valence-corrected chi connectivity index (χ2v) is 8.72. The van der Waals surface area contributed by atoms with E-state index < -0.39 is 23.0 Å². The number of nitrogens with zero attached hydrogens (tertiary/aromatic N) is 2. The highest BCUT2D eigenvalue weighted by Crippen LogP contribution is 2.61. The maximum Gasteiger partial charge on any atom is 0.254 e. The first-order valence-electron chi connectivity index (χ1n) is 9.87. The molecule has 0 radical (unpaired) electrons. The number of hydrogen-bond acceptors (Lipinski definition) is 5. The molecule has 1 spiro atoms. The summed E-state index contributed by atoms with van der Waals surface area (Å²) in [5.41, 5.74) is 0.411. The molecule has 0 unspecified atom stereocenters. The van der Waals surface area contributed by atoms with Gasteiger partial charge in [-0.15, -0.1) is 0 Å². The predicted octanol–water partition coefficient (Wildman–Crippen LogP) is 1.15. The molecule has 1 saturated carbocycles. The quantitative estimate of drug-likeness (QED) is 0.686. The van der Waals surface area contributed by atoms with Crippen molar-refractivity contribution in [3.05, 3.63) is 53.3 Å². The number of anilines is 1. The lowest BCUT2D eigenvalue weighted by Crippen LogP contribution is -2.68. The highest BCUT2D eigenvalue weighted by molar-refractivity contribution is 6.10. The summed E-state index contributed by atoms with van der Waals surface area (Å²) in [6, 6.07) is 7.29. The third kappa shape index (κ3) is 1.72. The summed E-state index contributed by atoms with van der Waals surface area (Å²) in [5, 5.41) is 12.0. The molecule has 1 aromatic carbocycles. The number of ketones is 1. The van der Waals surface area contributed by atoms with E-state index in [1.54, 1.807) is 4.90 Å². The van der Waals surface area contributed by atoms with Crippen LogP contribution in [0.5, 0.6) is 0 Å². The largest absolute Gasteiger partial charge is 0.493 e. The van der Waals surface area contributed by atoms with Crippen molar-refractivity contribution in [3.8, 4) is 0 Å². The molecule has 4 atom stereocenters. The number of amides is 1. The van der Waals surface area contributed by atoms with E-state index in [9.17, 15) is 14.7 Å². The summed E-state index contributed by atoms with van der Waals surface area (Å²) in [5.74, 6) is -0.0492. The van der Waals surface area contributed by atoms with Crippen LogP contribution in [0.3, 0.4) is 0 Å². The van der Waals surface area contributed by atoms with E-state index in [1.807, 2.05) is 37.4 Å². The second kappa shape index (κ2) is 5.13. The fraction of sp³-hybridized carbons (Fsp3) is 0.455. The van der Waals surface area contributed by atoms with Gasteiger partial charge in [-0.2, -0.15) is 0 Å². The maximum absolute atomic E-state index is 13.8. The van der Waals surface area contributed by atoms with Gasteiger partial charge in [-0.25, -0.2) is 0 Å². The summed E-state index contributed by atoms with van der Waals surface area (Å²) in [4.78, 5) is 30.8. The van der Waals surface area contributed by atoms with Gasteiger partial charge in [0.2, 0.25) is 0 Å². The number of ether oxygens (including phenoxy) is 1. The number of carbonyl (C=O) groups is 2. The number of benzene rings is 1. The van der Waals surface area contributed by atoms with Crippen LogP contribution in [0.1, 0.15) is 18.4 Å². The van der Waals surface area contributed by atoms with Crippen LogP contribution in [0.2, 0.25) is 0 Å². The lowest BCUT2D eigenvalue weighted by molar-refractivity contribution is -0.141. The Bertz CT molecular complexity index is 998. The molecule has 6 heteroatoms. The van der Waals surface area contributed by atoms with Crippen molar-refractivity contribution in [3.63, 3.8) is 0 Å². The van der Waals surface area contributed by atoms with Gasteiger partial charge < -0.3 is 19.6 Å². The van der Waals surface area contributed by atoms with Crippen molar-refractivity contribution < 1.29 is 19.4 Å². The van der Waals surface area contributed by atoms with Crippen LogP contribution in [0, 0.1) is 5.92 Å². The minimum absolute atomic E-state index is 0.0309. The Balaban J connectivity index is 1.72. The van der Waals surface area contributed by atoms with Crippen molar-refractivity contribution in [2.45, 2.75) is 29.9 Å². The zero-order chi connectivity index (χ0) is 19.3. The van der Waals surface area contributed by atoms with E-state index in [0.717, 1.165) is 23.4 Å². The smallest absolute Gasteiger partial charge is 0.254 e. The summed E-state index contributed by atoms with van der Waals surface area (Å²) in [7, 11) is 2.02. The summed E-state index contributed by atoms with van der Waals surface area (Å²) >= 11 is 0. The van der Waals surface area contributed by atoms with Crippen molar-refractivity contribution in [2.75, 3.05) is 31.6 Å². The minimum atomic E-state index is -1.33. The third-order valence-corrected chi connectivity index (χ3v) is 7.46. The van der Waals surface area contributed by atoms with Crippen LogP contribution in [0.15, 0.2) is 47.7 Å². The number of rotatable bonds is 0. The van der Waals surface area contributed by atoms with Gasteiger partial charge in [0.05, 0.1) is 17.4 Å². The maximum atomic E-state index is 13.8. The van der Waals surface area contributed by atoms with E-state index in [1.165, 1.54) is 6.08 Å². The highest BCUT2D eigenvalue weighted by atomic mass is 16.5. The fourth-order valence-corrected chi connectivity index (χ4v) is 6.26. The zero-order valence-electron chi connectivity index (χ0n) is 15.7. The Labute approximate surface area is 163 Å². The average molecular weight is 378 g/mol. The molecule has 6 aliphatic rings. The Morgan fingerprint density at radius 1 is 1.25 bits per heavy atom. The summed E-state index contributed by atoms with van der Waals surface area (Å²) in [6.45, 7) is 1.62. The molecule has 28 heavy (non-hydrogen) atoms. The van der Waals surface area contributed by atoms with Gasteiger partial charge in [-0.05, 0) is 43.3 Å². The molecule has 1 N–H and O–H groups in total. The van der Waals surface area contributed by atoms with Gasteiger partial charge in [-0.1, -0.05) is 18.2 Å². The number of likely N-dealkylation sites (N-methyl/N-ethyl adjacent to an activating group) is 1. The molecule has 5 aliphatic heterocycles. The van der Waals surface area contributed by atoms with Crippen molar-refractivity contribution >= 4 is 17.4 Å². The number of fused-ring (bicyclic) bond motifs is 6. The molecule has 144 valence electrons. The van der Waals surface area contributed by atoms with Crippen molar-refractivity contribution in [1.82, 2.24) is 4.90 Å². The van der Waals surface area contributed by atoms with Crippen molar-refractivity contribution in [1.29, 1.82) is 0 Å². The van der Waals surface area contributed by atoms with Crippen LogP contribution >= 0.6 is 0 Å². The SMILES string of the molecule is CN1CC[C@]23C(=O)C[C@@]4(O)C(=CCOC5=CC(=O)N(c6ccccc62)[C@H]3[C@H]54)C1. The molecule has 7 rings (SSSR count). The highest BCUT2D eigenvalue weighted by Gasteiger charge is 2.70. The minimum Gasteiger partial charge on any atom is -0.493 e. The lowest BCUT2D eigenvalue weighted by atomic mass is 9.54. The average Bonchev–Trinajstić information content (AvgIpc) is 2.92. The van der Waals surface area contributed by atoms with E-state index in [4.69, 9.17) is 4.74 Å². The monoisotopic (exact) mass is 378 g/mol. The molecular formula is C22H22N2O4. The van der Waals surface area contributed by atoms with E-state index >= 15 is 0 Å². The molecule has 6 nitrogen and oxygen atoms in total. The lowest BCUT2D eigenvalue weighted by Gasteiger charge is -2.53. The number of carbonyl (C=O) groups excluding carboxylic acids is 2. The number of aliphatic hydroxyl groups is 1. The van der Waals surface area contributed by atoms with Gasteiger partial charge in [0, 0.05) is 24.7 Å². The molecule has 3 fully saturated rings. The Morgan fingerprint density at radius 2 is 2.07 bits per heavy atom. The van der Waals surface area contributed by atoms with Crippen LogP contribution in [0.25, 0.3) is 0 Å². The molecule has 5 heterocycles. The van der Waals surface area contributed by atoms with Crippen LogP contribution < -0.4 is 4.90 Å². The Kier molecular flexibility index (Phi) is 3.02. The van der Waals surface area contributed by atoms with E-state index in [0.29, 0.717) is 25.3 Å². The molecule has 4 bridgehead atoms. The normalized spacial score (nSPS) is 38.6. The first-order chi connectivity index (χ1) is 13.5. The molecule has 0 aromatic heterocycles. The number of para-hydroxylation sites is 1. The van der Waals surface area contributed by atoms with Crippen molar-refractivity contribution in [2.24, 2.45) is 5.92 Å². The topological polar surface area (TPSA) is 70.1 Å². The molecule has 1 aliphatic carbocycles. The first-order valence-corrected chi connectivity index (χ1v) is 9.87. The Morgan fingerprint density at radius 3 is 2.93 bits per heavy atom. The summed E-state index contributed by atoms with van der Waals surface area (Å²) < 4.78 is 5.97. The molecule has 1 aromatic rings.